The molecule has 2 unspecified atom stereocenters. The van der Waals surface area contributed by atoms with Crippen molar-refractivity contribution in [2.45, 2.75) is 50.9 Å². The van der Waals surface area contributed by atoms with E-state index >= 15 is 0 Å². The van der Waals surface area contributed by atoms with Crippen LogP contribution in [-0.2, 0) is 4.74 Å². The fourth-order valence-electron chi connectivity index (χ4n) is 2.83. The minimum Gasteiger partial charge on any atom is -0.448 e. The molecule has 0 radical (unpaired) electrons. The minimum atomic E-state index is -4.66. The lowest BCUT2D eigenvalue weighted by Gasteiger charge is -2.34. The summed E-state index contributed by atoms with van der Waals surface area (Å²) < 4.78 is 43.8. The average Bonchev–Trinajstić information content (AvgIpc) is 2.50. The Morgan fingerprint density at radius 1 is 1.50 bits per heavy atom. The highest BCUT2D eigenvalue weighted by Crippen LogP contribution is 2.44. The van der Waals surface area contributed by atoms with Gasteiger partial charge in [-0.1, -0.05) is 12.8 Å². The van der Waals surface area contributed by atoms with Crippen molar-refractivity contribution in [2.75, 3.05) is 6.61 Å². The first-order chi connectivity index (χ1) is 9.30. The van der Waals surface area contributed by atoms with Crippen molar-refractivity contribution < 1.29 is 27.8 Å². The van der Waals surface area contributed by atoms with Gasteiger partial charge in [-0.15, -0.1) is 0 Å². The molecule has 0 saturated heterocycles. The Hall–Kier alpha value is -1.31. The monoisotopic (exact) mass is 294 g/mol. The van der Waals surface area contributed by atoms with Crippen LogP contribution in [0.25, 0.3) is 0 Å². The van der Waals surface area contributed by atoms with Crippen LogP contribution in [0.1, 0.15) is 39.0 Å². The molecule has 1 heterocycles. The van der Waals surface area contributed by atoms with E-state index in [4.69, 9.17) is 4.74 Å². The number of carbonyl (C=O) groups excluding carboxylic acids is 1. The van der Waals surface area contributed by atoms with E-state index in [2.05, 4.69) is 5.10 Å². The normalized spacial score (nSPS) is 30.6. The molecular weight excluding hydrogens is 277 g/mol. The largest absolute Gasteiger partial charge is 0.448 e. The summed E-state index contributed by atoms with van der Waals surface area (Å²) in [4.78, 5) is 11.8. The van der Waals surface area contributed by atoms with Crippen molar-refractivity contribution >= 4 is 11.8 Å². The molecule has 1 fully saturated rings. The molecule has 1 amide bonds. The fraction of sp³-hybridized carbons (Fsp3) is 0.833. The van der Waals surface area contributed by atoms with Crippen LogP contribution in [0.2, 0.25) is 0 Å². The van der Waals surface area contributed by atoms with E-state index in [0.717, 1.165) is 6.42 Å². The van der Waals surface area contributed by atoms with E-state index in [1.165, 1.54) is 6.92 Å². The van der Waals surface area contributed by atoms with E-state index in [-0.39, 0.29) is 19.4 Å². The maximum absolute atomic E-state index is 13.0. The van der Waals surface area contributed by atoms with Gasteiger partial charge in [0.25, 0.3) is 0 Å². The molecule has 1 saturated carbocycles. The molecule has 1 aliphatic heterocycles. The van der Waals surface area contributed by atoms with Gasteiger partial charge in [-0.3, -0.25) is 0 Å². The first kappa shape index (κ1) is 15.1. The van der Waals surface area contributed by atoms with Gasteiger partial charge >= 0.3 is 12.3 Å². The maximum Gasteiger partial charge on any atom is 0.433 e. The van der Waals surface area contributed by atoms with Gasteiger partial charge in [0.1, 0.15) is 5.71 Å². The van der Waals surface area contributed by atoms with Gasteiger partial charge in [0.15, 0.2) is 5.72 Å². The summed E-state index contributed by atoms with van der Waals surface area (Å²) in [6, 6.07) is 0. The summed E-state index contributed by atoms with van der Waals surface area (Å²) in [5, 5.41) is 14.4. The van der Waals surface area contributed by atoms with Crippen LogP contribution in [0, 0.1) is 5.92 Å². The van der Waals surface area contributed by atoms with Crippen molar-refractivity contribution in [3.05, 3.63) is 0 Å². The first-order valence-corrected chi connectivity index (χ1v) is 6.65. The lowest BCUT2D eigenvalue weighted by Crippen LogP contribution is -2.51. The van der Waals surface area contributed by atoms with Crippen LogP contribution >= 0.6 is 0 Å². The van der Waals surface area contributed by atoms with Gasteiger partial charge in [-0.05, 0) is 26.2 Å². The molecule has 0 aromatic heterocycles. The molecule has 2 atom stereocenters. The van der Waals surface area contributed by atoms with Gasteiger partial charge in [-0.25, -0.2) is 4.79 Å². The highest BCUT2D eigenvalue weighted by Gasteiger charge is 2.59. The molecular formula is C12H17F3N2O3. The van der Waals surface area contributed by atoms with Crippen LogP contribution in [0.15, 0.2) is 5.10 Å². The van der Waals surface area contributed by atoms with E-state index in [1.54, 1.807) is 0 Å². The molecule has 114 valence electrons. The SMILES string of the molecule is CCOC(=O)N1N=C(C(F)(F)F)C2CCCCCC21O. The third-order valence-corrected chi connectivity index (χ3v) is 3.73. The van der Waals surface area contributed by atoms with Crippen LogP contribution in [0.5, 0.6) is 0 Å². The molecule has 8 heteroatoms. The molecule has 0 spiro atoms. The lowest BCUT2D eigenvalue weighted by atomic mass is 9.87. The van der Waals surface area contributed by atoms with Crippen LogP contribution < -0.4 is 0 Å². The molecule has 1 N–H and O–H groups in total. The van der Waals surface area contributed by atoms with Gasteiger partial charge in [0.2, 0.25) is 0 Å². The topological polar surface area (TPSA) is 62.1 Å². The Morgan fingerprint density at radius 3 is 2.80 bits per heavy atom. The van der Waals surface area contributed by atoms with Crippen molar-refractivity contribution in [2.24, 2.45) is 11.0 Å². The number of ether oxygens (including phenoxy) is 1. The highest BCUT2D eigenvalue weighted by atomic mass is 19.4. The summed E-state index contributed by atoms with van der Waals surface area (Å²) in [5.41, 5.74) is -3.01. The van der Waals surface area contributed by atoms with Crippen molar-refractivity contribution in [1.29, 1.82) is 0 Å². The Balaban J connectivity index is 2.39. The van der Waals surface area contributed by atoms with Crippen molar-refractivity contribution in [3.63, 3.8) is 0 Å². The first-order valence-electron chi connectivity index (χ1n) is 6.65. The van der Waals surface area contributed by atoms with Gasteiger partial charge in [-0.2, -0.15) is 23.3 Å². The summed E-state index contributed by atoms with van der Waals surface area (Å²) in [5.74, 6) is -1.20. The molecule has 0 aromatic carbocycles. The second kappa shape index (κ2) is 5.23. The summed E-state index contributed by atoms with van der Waals surface area (Å²) in [7, 11) is 0. The number of hydrazone groups is 1. The molecule has 1 aliphatic carbocycles. The predicted molar refractivity (Wildman–Crippen MR) is 63.9 cm³/mol. The lowest BCUT2D eigenvalue weighted by molar-refractivity contribution is -0.115. The summed E-state index contributed by atoms with van der Waals surface area (Å²) in [6.45, 7) is 1.55. The quantitative estimate of drug-likeness (QED) is 0.808. The number of carbonyl (C=O) groups is 1. The highest BCUT2D eigenvalue weighted by molar-refractivity contribution is 5.95. The zero-order valence-corrected chi connectivity index (χ0v) is 11.1. The van der Waals surface area contributed by atoms with Gasteiger partial charge in [0, 0.05) is 0 Å². The van der Waals surface area contributed by atoms with Crippen LogP contribution in [0.4, 0.5) is 18.0 Å². The van der Waals surface area contributed by atoms with Crippen molar-refractivity contribution in [1.82, 2.24) is 5.01 Å². The van der Waals surface area contributed by atoms with Crippen LogP contribution in [-0.4, -0.2) is 40.4 Å². The predicted octanol–water partition coefficient (Wildman–Crippen LogP) is 2.65. The fourth-order valence-corrected chi connectivity index (χ4v) is 2.83. The van der Waals surface area contributed by atoms with E-state index in [0.29, 0.717) is 17.9 Å². The summed E-state index contributed by atoms with van der Waals surface area (Å²) >= 11 is 0. The molecule has 0 aromatic rings. The number of hydrogen-bond acceptors (Lipinski definition) is 4. The van der Waals surface area contributed by atoms with Gasteiger partial charge < -0.3 is 9.84 Å². The second-order valence-corrected chi connectivity index (χ2v) is 5.02. The zero-order valence-electron chi connectivity index (χ0n) is 11.1. The Morgan fingerprint density at radius 2 is 2.20 bits per heavy atom. The number of rotatable bonds is 1. The van der Waals surface area contributed by atoms with E-state index in [1.807, 2.05) is 0 Å². The Labute approximate surface area is 114 Å². The number of alkyl halides is 3. The van der Waals surface area contributed by atoms with Gasteiger partial charge in [0.05, 0.1) is 12.5 Å². The average molecular weight is 294 g/mol. The van der Waals surface area contributed by atoms with Crippen LogP contribution in [0.3, 0.4) is 0 Å². The zero-order chi connectivity index (χ0) is 15.0. The maximum atomic E-state index is 13.0. The number of hydrogen-bond donors (Lipinski definition) is 1. The molecule has 2 rings (SSSR count). The number of aliphatic hydroxyl groups is 1. The minimum absolute atomic E-state index is 0.00690. The number of amides is 1. The standard InChI is InChI=1S/C12H17F3N2O3/c1-2-20-10(18)17-11(19)7-5-3-4-6-8(11)9(16-17)12(13,14)15/h8,19H,2-7H2,1H3. The smallest absolute Gasteiger partial charge is 0.433 e. The molecule has 5 nitrogen and oxygen atoms in total. The molecule has 20 heavy (non-hydrogen) atoms. The summed E-state index contributed by atoms with van der Waals surface area (Å²) in [6.07, 6.45) is -3.64. The van der Waals surface area contributed by atoms with Crippen molar-refractivity contribution in [3.8, 4) is 0 Å². The van der Waals surface area contributed by atoms with E-state index < -0.39 is 29.6 Å². The number of nitrogens with zero attached hydrogens (tertiary/aromatic N) is 2. The number of fused-ring (bicyclic) bond motifs is 1. The Kier molecular flexibility index (Phi) is 3.95. The third-order valence-electron chi connectivity index (χ3n) is 3.73. The van der Waals surface area contributed by atoms with E-state index in [9.17, 15) is 23.1 Å². The molecule has 0 bridgehead atoms. The number of halogens is 3. The Bertz CT molecular complexity index is 425. The third kappa shape index (κ3) is 2.48. The second-order valence-electron chi connectivity index (χ2n) is 5.02. The molecule has 2 aliphatic rings.